The Balaban J connectivity index is 1.41. The summed E-state index contributed by atoms with van der Waals surface area (Å²) in [4.78, 5) is 0. The van der Waals surface area contributed by atoms with Gasteiger partial charge in [0, 0.05) is 5.41 Å². The van der Waals surface area contributed by atoms with E-state index >= 15 is 0 Å². The van der Waals surface area contributed by atoms with Crippen LogP contribution in [0.2, 0.25) is 0 Å². The summed E-state index contributed by atoms with van der Waals surface area (Å²) in [5.41, 5.74) is 2.61. The minimum absolute atomic E-state index is 0.0422. The van der Waals surface area contributed by atoms with Gasteiger partial charge in [-0.3, -0.25) is 0 Å². The second-order valence-electron chi connectivity index (χ2n) is 9.48. The predicted octanol–water partition coefficient (Wildman–Crippen LogP) is 4.35. The van der Waals surface area contributed by atoms with Crippen LogP contribution < -0.4 is 0 Å². The van der Waals surface area contributed by atoms with Gasteiger partial charge in [-0.1, -0.05) is 36.4 Å². The molecule has 3 heteroatoms. The predicted molar refractivity (Wildman–Crippen MR) is 96.4 cm³/mol. The van der Waals surface area contributed by atoms with Crippen molar-refractivity contribution in [3.8, 4) is 0 Å². The molecular formula is C22H27NO2. The molecule has 0 bridgehead atoms. The van der Waals surface area contributed by atoms with Crippen LogP contribution in [0.3, 0.4) is 0 Å². The Kier molecular flexibility index (Phi) is 2.76. The molecular weight excluding hydrogens is 310 g/mol. The van der Waals surface area contributed by atoms with E-state index in [9.17, 15) is 0 Å². The summed E-state index contributed by atoms with van der Waals surface area (Å²) in [5, 5.41) is 12.6. The second-order valence-corrected chi connectivity index (χ2v) is 9.48. The lowest BCUT2D eigenvalue weighted by atomic mass is 9.50. The molecule has 3 fully saturated rings. The number of oxime groups is 1. The SMILES string of the molecule is C[C@]12CC[C@H]3[C@@H](C=CC4=C/C(=N/O)CC[C@@H]43)[C@@H]1[C@H]1C[C@H]1[C@@]21C=CCO1. The molecule has 0 saturated heterocycles. The molecule has 0 aromatic carbocycles. The molecule has 0 aromatic rings. The molecule has 8 atom stereocenters. The molecule has 0 unspecified atom stereocenters. The number of allylic oxidation sites excluding steroid dienone is 4. The first-order chi connectivity index (χ1) is 12.2. The zero-order valence-corrected chi connectivity index (χ0v) is 14.9. The number of rotatable bonds is 0. The fourth-order valence-electron chi connectivity index (χ4n) is 7.81. The van der Waals surface area contributed by atoms with Crippen LogP contribution in [-0.4, -0.2) is 23.1 Å². The molecule has 3 nitrogen and oxygen atoms in total. The van der Waals surface area contributed by atoms with Gasteiger partial charge in [-0.25, -0.2) is 0 Å². The van der Waals surface area contributed by atoms with Crippen LogP contribution in [-0.2, 0) is 4.74 Å². The first-order valence-corrected chi connectivity index (χ1v) is 10.1. The third-order valence-electron chi connectivity index (χ3n) is 8.80. The van der Waals surface area contributed by atoms with Gasteiger partial charge in [-0.05, 0) is 79.3 Å². The minimum Gasteiger partial charge on any atom is -0.411 e. The van der Waals surface area contributed by atoms with Gasteiger partial charge in [-0.2, -0.15) is 0 Å². The lowest BCUT2D eigenvalue weighted by molar-refractivity contribution is -0.120. The second kappa shape index (κ2) is 4.68. The highest BCUT2D eigenvalue weighted by Gasteiger charge is 2.76. The highest BCUT2D eigenvalue weighted by molar-refractivity contribution is 5.96. The fraction of sp³-hybridized carbons (Fsp3) is 0.682. The van der Waals surface area contributed by atoms with Crippen molar-refractivity contribution in [2.75, 3.05) is 6.61 Å². The number of fused-ring (bicyclic) bond motifs is 9. The molecule has 6 aliphatic rings. The zero-order chi connectivity index (χ0) is 16.8. The van der Waals surface area contributed by atoms with E-state index in [-0.39, 0.29) is 5.60 Å². The molecule has 132 valence electrons. The normalized spacial score (nSPS) is 56.4. The van der Waals surface area contributed by atoms with Crippen molar-refractivity contribution in [2.24, 2.45) is 46.1 Å². The topological polar surface area (TPSA) is 41.8 Å². The summed E-state index contributed by atoms with van der Waals surface area (Å²) in [6.07, 6.45) is 17.8. The average Bonchev–Trinajstić information content (AvgIpc) is 3.20. The molecule has 25 heavy (non-hydrogen) atoms. The quantitative estimate of drug-likeness (QED) is 0.406. The van der Waals surface area contributed by atoms with Gasteiger partial charge < -0.3 is 9.94 Å². The average molecular weight is 337 g/mol. The van der Waals surface area contributed by atoms with Gasteiger partial charge in [0.25, 0.3) is 0 Å². The minimum atomic E-state index is 0.0422. The Labute approximate surface area is 149 Å². The van der Waals surface area contributed by atoms with Crippen LogP contribution in [0.1, 0.15) is 39.0 Å². The molecule has 3 saturated carbocycles. The Morgan fingerprint density at radius 2 is 2.20 bits per heavy atom. The number of nitrogens with zero attached hydrogens (tertiary/aromatic N) is 1. The fourth-order valence-corrected chi connectivity index (χ4v) is 7.81. The summed E-state index contributed by atoms with van der Waals surface area (Å²) >= 11 is 0. The van der Waals surface area contributed by atoms with Crippen LogP contribution in [0.5, 0.6) is 0 Å². The van der Waals surface area contributed by atoms with E-state index in [1.165, 1.54) is 24.8 Å². The molecule has 0 amide bonds. The summed E-state index contributed by atoms with van der Waals surface area (Å²) in [6, 6.07) is 0. The van der Waals surface area contributed by atoms with Crippen molar-refractivity contribution in [3.05, 3.63) is 36.0 Å². The van der Waals surface area contributed by atoms with Crippen molar-refractivity contribution in [1.29, 1.82) is 0 Å². The molecule has 1 spiro atoms. The third-order valence-corrected chi connectivity index (χ3v) is 8.80. The van der Waals surface area contributed by atoms with Crippen molar-refractivity contribution in [1.82, 2.24) is 0 Å². The highest BCUT2D eigenvalue weighted by Crippen LogP contribution is 2.77. The van der Waals surface area contributed by atoms with E-state index in [2.05, 4.69) is 42.5 Å². The maximum absolute atomic E-state index is 9.13. The Bertz CT molecular complexity index is 749. The van der Waals surface area contributed by atoms with E-state index in [1.807, 2.05) is 0 Å². The molecule has 0 radical (unpaired) electrons. The summed E-state index contributed by atoms with van der Waals surface area (Å²) in [5.74, 6) is 4.57. The molecule has 1 aliphatic heterocycles. The van der Waals surface area contributed by atoms with Gasteiger partial charge in [0.2, 0.25) is 0 Å². The Hall–Kier alpha value is -1.35. The smallest absolute Gasteiger partial charge is 0.0954 e. The van der Waals surface area contributed by atoms with Crippen LogP contribution in [0.4, 0.5) is 0 Å². The first-order valence-electron chi connectivity index (χ1n) is 10.1. The van der Waals surface area contributed by atoms with Crippen molar-refractivity contribution >= 4 is 5.71 Å². The standard InChI is InChI=1S/C22H27NO2/c1-21-9-7-16-15-6-4-14(23-24)11-13(15)3-5-17(16)20(21)18-12-19(18)22(21)8-2-10-25-22/h2-3,5,8,11,15-20,24H,4,6-7,9-10,12H2,1H3/b23-14+/t15-,16+,17+,18-,19+,20+,21-,22-/m0/s1. The lowest BCUT2D eigenvalue weighted by Crippen LogP contribution is -2.54. The third kappa shape index (κ3) is 1.64. The van der Waals surface area contributed by atoms with Gasteiger partial charge in [0.15, 0.2) is 0 Å². The first kappa shape index (κ1) is 14.8. The molecule has 6 rings (SSSR count). The molecule has 1 N–H and O–H groups in total. The van der Waals surface area contributed by atoms with Gasteiger partial charge in [0.05, 0.1) is 17.9 Å². The van der Waals surface area contributed by atoms with E-state index in [0.29, 0.717) is 17.3 Å². The van der Waals surface area contributed by atoms with Gasteiger partial charge >= 0.3 is 0 Å². The summed E-state index contributed by atoms with van der Waals surface area (Å²) < 4.78 is 6.45. The molecule has 5 aliphatic carbocycles. The van der Waals surface area contributed by atoms with E-state index < -0.39 is 0 Å². The van der Waals surface area contributed by atoms with E-state index in [4.69, 9.17) is 9.94 Å². The number of hydrogen-bond acceptors (Lipinski definition) is 3. The lowest BCUT2D eigenvalue weighted by Gasteiger charge is -2.55. The van der Waals surface area contributed by atoms with Crippen molar-refractivity contribution in [2.45, 2.75) is 44.6 Å². The largest absolute Gasteiger partial charge is 0.411 e. The molecule has 1 heterocycles. The van der Waals surface area contributed by atoms with Crippen LogP contribution in [0.15, 0.2) is 41.1 Å². The van der Waals surface area contributed by atoms with E-state index in [1.54, 1.807) is 0 Å². The van der Waals surface area contributed by atoms with Crippen LogP contribution in [0, 0.1) is 40.9 Å². The van der Waals surface area contributed by atoms with Crippen LogP contribution >= 0.6 is 0 Å². The monoisotopic (exact) mass is 337 g/mol. The number of ether oxygens (including phenoxy) is 1. The summed E-state index contributed by atoms with van der Waals surface area (Å²) in [7, 11) is 0. The van der Waals surface area contributed by atoms with Crippen LogP contribution in [0.25, 0.3) is 0 Å². The van der Waals surface area contributed by atoms with Crippen molar-refractivity contribution < 1.29 is 9.94 Å². The Morgan fingerprint density at radius 1 is 1.28 bits per heavy atom. The maximum Gasteiger partial charge on any atom is 0.0954 e. The van der Waals surface area contributed by atoms with Gasteiger partial charge in [0.1, 0.15) is 0 Å². The van der Waals surface area contributed by atoms with Gasteiger partial charge in [-0.15, -0.1) is 0 Å². The summed E-state index contributed by atoms with van der Waals surface area (Å²) in [6.45, 7) is 3.35. The van der Waals surface area contributed by atoms with E-state index in [0.717, 1.165) is 48.8 Å². The number of hydrogen-bond donors (Lipinski definition) is 1. The molecule has 0 aromatic heterocycles. The Morgan fingerprint density at radius 3 is 3.00 bits per heavy atom. The highest BCUT2D eigenvalue weighted by atomic mass is 16.5. The van der Waals surface area contributed by atoms with Crippen molar-refractivity contribution in [3.63, 3.8) is 0 Å². The zero-order valence-electron chi connectivity index (χ0n) is 14.9. The maximum atomic E-state index is 9.13.